The van der Waals surface area contributed by atoms with Crippen molar-refractivity contribution in [3.8, 4) is 0 Å². The number of rotatable bonds is 5. The molecule has 1 fully saturated rings. The van der Waals surface area contributed by atoms with Crippen molar-refractivity contribution in [2.24, 2.45) is 0 Å². The van der Waals surface area contributed by atoms with Crippen molar-refractivity contribution < 1.29 is 22.7 Å². The van der Waals surface area contributed by atoms with Gasteiger partial charge in [-0.05, 0) is 43.9 Å². The van der Waals surface area contributed by atoms with Crippen LogP contribution in [0.3, 0.4) is 0 Å². The van der Waals surface area contributed by atoms with Crippen LogP contribution >= 0.6 is 0 Å². The van der Waals surface area contributed by atoms with E-state index < -0.39 is 23.2 Å². The Hall–Kier alpha value is -2.64. The number of aromatic nitrogens is 2. The topological polar surface area (TPSA) is 64.1 Å². The standard InChI is InChI=1S/C18H18F3N3O2/c1-2-26-15(25)12-10-22-16(23-11-12)24-17(8-3-9-17)13-4-6-14(7-5-13)18(19,20)21/h4-7,10-11H,2-3,8-9H2,1H3,(H,22,23,24). The van der Waals surface area contributed by atoms with Gasteiger partial charge in [-0.25, -0.2) is 14.8 Å². The molecule has 26 heavy (non-hydrogen) atoms. The summed E-state index contributed by atoms with van der Waals surface area (Å²) in [5.41, 5.74) is -0.162. The van der Waals surface area contributed by atoms with Gasteiger partial charge in [0.25, 0.3) is 0 Å². The predicted octanol–water partition coefficient (Wildman–Crippen LogP) is 4.16. The zero-order valence-corrected chi connectivity index (χ0v) is 14.1. The molecule has 1 aliphatic rings. The van der Waals surface area contributed by atoms with E-state index in [1.54, 1.807) is 6.92 Å². The van der Waals surface area contributed by atoms with E-state index in [2.05, 4.69) is 15.3 Å². The van der Waals surface area contributed by atoms with Crippen molar-refractivity contribution in [3.05, 3.63) is 53.3 Å². The van der Waals surface area contributed by atoms with E-state index in [-0.39, 0.29) is 12.2 Å². The molecular weight excluding hydrogens is 347 g/mol. The van der Waals surface area contributed by atoms with Gasteiger partial charge < -0.3 is 10.1 Å². The molecule has 2 aromatic rings. The average molecular weight is 365 g/mol. The second-order valence-electron chi connectivity index (χ2n) is 6.15. The third-order valence-corrected chi connectivity index (χ3v) is 4.49. The number of nitrogens with one attached hydrogen (secondary N) is 1. The fourth-order valence-electron chi connectivity index (χ4n) is 2.92. The number of halogens is 3. The average Bonchev–Trinajstić information content (AvgIpc) is 2.58. The maximum Gasteiger partial charge on any atom is 0.416 e. The minimum Gasteiger partial charge on any atom is -0.462 e. The van der Waals surface area contributed by atoms with Crippen molar-refractivity contribution >= 4 is 11.9 Å². The van der Waals surface area contributed by atoms with Crippen LogP contribution in [0.4, 0.5) is 19.1 Å². The van der Waals surface area contributed by atoms with E-state index in [0.29, 0.717) is 5.95 Å². The minimum absolute atomic E-state index is 0.245. The Morgan fingerprint density at radius 2 is 1.81 bits per heavy atom. The largest absolute Gasteiger partial charge is 0.462 e. The van der Waals surface area contributed by atoms with Crippen molar-refractivity contribution in [2.45, 2.75) is 37.9 Å². The highest BCUT2D eigenvalue weighted by atomic mass is 19.4. The number of carbonyl (C=O) groups is 1. The molecule has 1 aromatic heterocycles. The number of anilines is 1. The molecule has 3 rings (SSSR count). The first-order valence-corrected chi connectivity index (χ1v) is 8.29. The summed E-state index contributed by atoms with van der Waals surface area (Å²) in [6.07, 6.45) is 0.862. The zero-order chi connectivity index (χ0) is 18.8. The first-order valence-electron chi connectivity index (χ1n) is 8.29. The summed E-state index contributed by atoms with van der Waals surface area (Å²) < 4.78 is 43.1. The summed E-state index contributed by atoms with van der Waals surface area (Å²) in [7, 11) is 0. The van der Waals surface area contributed by atoms with Crippen LogP contribution in [0.2, 0.25) is 0 Å². The van der Waals surface area contributed by atoms with Gasteiger partial charge in [-0.15, -0.1) is 0 Å². The third-order valence-electron chi connectivity index (χ3n) is 4.49. The summed E-state index contributed by atoms with van der Waals surface area (Å²) in [5.74, 6) is -0.183. The summed E-state index contributed by atoms with van der Waals surface area (Å²) >= 11 is 0. The van der Waals surface area contributed by atoms with E-state index in [1.807, 2.05) is 0 Å². The molecule has 1 aliphatic carbocycles. The Kier molecular flexibility index (Phi) is 4.84. The van der Waals surface area contributed by atoms with E-state index in [1.165, 1.54) is 24.5 Å². The number of nitrogens with zero attached hydrogens (tertiary/aromatic N) is 2. The first kappa shape index (κ1) is 18.2. The van der Waals surface area contributed by atoms with Crippen molar-refractivity contribution in [2.75, 3.05) is 11.9 Å². The van der Waals surface area contributed by atoms with Gasteiger partial charge in [-0.2, -0.15) is 13.2 Å². The summed E-state index contributed by atoms with van der Waals surface area (Å²) in [5, 5.41) is 3.21. The fourth-order valence-corrected chi connectivity index (χ4v) is 2.92. The van der Waals surface area contributed by atoms with Gasteiger partial charge >= 0.3 is 12.1 Å². The van der Waals surface area contributed by atoms with Crippen molar-refractivity contribution in [1.82, 2.24) is 9.97 Å². The monoisotopic (exact) mass is 365 g/mol. The maximum absolute atomic E-state index is 12.7. The molecule has 1 aromatic carbocycles. The summed E-state index contributed by atoms with van der Waals surface area (Å²) in [6.45, 7) is 1.97. The molecule has 0 amide bonds. The highest BCUT2D eigenvalue weighted by Gasteiger charge is 2.40. The molecule has 0 aliphatic heterocycles. The molecule has 0 spiro atoms. The van der Waals surface area contributed by atoms with Gasteiger partial charge in [0.1, 0.15) is 0 Å². The lowest BCUT2D eigenvalue weighted by atomic mass is 9.71. The third kappa shape index (κ3) is 3.63. The number of alkyl halides is 3. The maximum atomic E-state index is 12.7. The van der Waals surface area contributed by atoms with Crippen LogP contribution in [0, 0.1) is 0 Å². The number of ether oxygens (including phenoxy) is 1. The van der Waals surface area contributed by atoms with Gasteiger partial charge in [0.05, 0.1) is 23.3 Å². The Balaban J connectivity index is 1.77. The molecule has 0 unspecified atom stereocenters. The molecule has 1 saturated carbocycles. The Bertz CT molecular complexity index is 770. The second-order valence-corrected chi connectivity index (χ2v) is 6.15. The van der Waals surface area contributed by atoms with Crippen LogP contribution in [0.1, 0.15) is 47.7 Å². The SMILES string of the molecule is CCOC(=O)c1cnc(NC2(c3ccc(C(F)(F)F)cc3)CCC2)nc1. The van der Waals surface area contributed by atoms with Gasteiger partial charge in [0, 0.05) is 12.4 Å². The fraction of sp³-hybridized carbons (Fsp3) is 0.389. The zero-order valence-electron chi connectivity index (χ0n) is 14.1. The molecule has 138 valence electrons. The quantitative estimate of drug-likeness (QED) is 0.806. The molecule has 1 N–H and O–H groups in total. The normalized spacial score (nSPS) is 15.8. The molecule has 0 saturated heterocycles. The molecule has 0 bridgehead atoms. The van der Waals surface area contributed by atoms with Crippen LogP contribution in [0.25, 0.3) is 0 Å². The highest BCUT2D eigenvalue weighted by Crippen LogP contribution is 2.44. The van der Waals surface area contributed by atoms with Crippen LogP contribution < -0.4 is 5.32 Å². The molecule has 1 heterocycles. The van der Waals surface area contributed by atoms with Gasteiger partial charge in [-0.1, -0.05) is 12.1 Å². The minimum atomic E-state index is -4.36. The molecule has 8 heteroatoms. The number of carbonyl (C=O) groups excluding carboxylic acids is 1. The van der Waals surface area contributed by atoms with Crippen molar-refractivity contribution in [3.63, 3.8) is 0 Å². The number of benzene rings is 1. The molecule has 0 radical (unpaired) electrons. The Labute approximate surface area is 148 Å². The van der Waals surface area contributed by atoms with Gasteiger partial charge in [-0.3, -0.25) is 0 Å². The summed E-state index contributed by atoms with van der Waals surface area (Å²) in [4.78, 5) is 19.9. The lowest BCUT2D eigenvalue weighted by Crippen LogP contribution is -2.42. The number of hydrogen-bond acceptors (Lipinski definition) is 5. The number of esters is 1. The van der Waals surface area contributed by atoms with E-state index in [0.717, 1.165) is 37.0 Å². The Morgan fingerprint density at radius 1 is 1.19 bits per heavy atom. The first-order chi connectivity index (χ1) is 12.3. The van der Waals surface area contributed by atoms with Gasteiger partial charge in [0.15, 0.2) is 0 Å². The number of hydrogen-bond donors (Lipinski definition) is 1. The van der Waals surface area contributed by atoms with E-state index in [9.17, 15) is 18.0 Å². The van der Waals surface area contributed by atoms with E-state index >= 15 is 0 Å². The lowest BCUT2D eigenvalue weighted by molar-refractivity contribution is -0.137. The van der Waals surface area contributed by atoms with Crippen molar-refractivity contribution in [1.29, 1.82) is 0 Å². The van der Waals surface area contributed by atoms with Crippen LogP contribution in [0.15, 0.2) is 36.7 Å². The van der Waals surface area contributed by atoms with Crippen LogP contribution in [0.5, 0.6) is 0 Å². The summed E-state index contributed by atoms with van der Waals surface area (Å²) in [6, 6.07) is 5.15. The Morgan fingerprint density at radius 3 is 2.27 bits per heavy atom. The molecule has 5 nitrogen and oxygen atoms in total. The van der Waals surface area contributed by atoms with Crippen LogP contribution in [-0.2, 0) is 16.5 Å². The highest BCUT2D eigenvalue weighted by molar-refractivity contribution is 5.88. The van der Waals surface area contributed by atoms with Gasteiger partial charge in [0.2, 0.25) is 5.95 Å². The van der Waals surface area contributed by atoms with E-state index in [4.69, 9.17) is 4.74 Å². The predicted molar refractivity (Wildman–Crippen MR) is 88.6 cm³/mol. The van der Waals surface area contributed by atoms with Crippen LogP contribution in [-0.4, -0.2) is 22.5 Å². The second kappa shape index (κ2) is 6.93. The smallest absolute Gasteiger partial charge is 0.416 e. The molecule has 0 atom stereocenters. The lowest BCUT2D eigenvalue weighted by Gasteiger charge is -2.43. The molecular formula is C18H18F3N3O2.